The number of benzene rings is 1. The Labute approximate surface area is 95.3 Å². The summed E-state index contributed by atoms with van der Waals surface area (Å²) in [4.78, 5) is 17.8. The first-order valence-corrected chi connectivity index (χ1v) is 4.99. The second-order valence-electron chi connectivity index (χ2n) is 3.74. The third kappa shape index (κ3) is 1.32. The van der Waals surface area contributed by atoms with Crippen LogP contribution in [0, 0.1) is 0 Å². The number of aromatic carboxylic acids is 1. The Morgan fingerprint density at radius 3 is 2.82 bits per heavy atom. The molecule has 0 amide bonds. The fourth-order valence-electron chi connectivity index (χ4n) is 1.98. The lowest BCUT2D eigenvalue weighted by Crippen LogP contribution is -2.00. The number of phenols is 1. The maximum Gasteiger partial charge on any atom is 0.356 e. The van der Waals surface area contributed by atoms with E-state index in [1.807, 2.05) is 0 Å². The van der Waals surface area contributed by atoms with Gasteiger partial charge in [0.05, 0.1) is 11.0 Å². The van der Waals surface area contributed by atoms with E-state index < -0.39 is 5.97 Å². The Morgan fingerprint density at radius 1 is 1.24 bits per heavy atom. The molecule has 3 aromatic rings. The lowest BCUT2D eigenvalue weighted by atomic mass is 10.1. The highest BCUT2D eigenvalue weighted by atomic mass is 16.4. The van der Waals surface area contributed by atoms with E-state index in [1.54, 1.807) is 24.3 Å². The van der Waals surface area contributed by atoms with Crippen molar-refractivity contribution >= 4 is 27.8 Å². The minimum atomic E-state index is -1.08. The monoisotopic (exact) mass is 228 g/mol. The first-order chi connectivity index (χ1) is 8.16. The van der Waals surface area contributed by atoms with E-state index in [-0.39, 0.29) is 11.4 Å². The highest BCUT2D eigenvalue weighted by Gasteiger charge is 2.13. The zero-order valence-corrected chi connectivity index (χ0v) is 8.64. The molecular formula is C12H8N2O3. The fraction of sp³-hybridized carbons (Fsp3) is 0. The van der Waals surface area contributed by atoms with Crippen molar-refractivity contribution in [1.82, 2.24) is 9.97 Å². The number of aromatic nitrogens is 2. The number of rotatable bonds is 1. The number of aromatic amines is 1. The van der Waals surface area contributed by atoms with Crippen molar-refractivity contribution < 1.29 is 15.0 Å². The zero-order chi connectivity index (χ0) is 12.0. The van der Waals surface area contributed by atoms with Crippen LogP contribution in [0.2, 0.25) is 0 Å². The summed E-state index contributed by atoms with van der Waals surface area (Å²) in [7, 11) is 0. The van der Waals surface area contributed by atoms with Crippen LogP contribution < -0.4 is 0 Å². The fourth-order valence-corrected chi connectivity index (χ4v) is 1.98. The van der Waals surface area contributed by atoms with Gasteiger partial charge in [-0.2, -0.15) is 0 Å². The number of pyridine rings is 1. The van der Waals surface area contributed by atoms with E-state index >= 15 is 0 Å². The van der Waals surface area contributed by atoms with Gasteiger partial charge in [-0.3, -0.25) is 0 Å². The smallest absolute Gasteiger partial charge is 0.356 e. The van der Waals surface area contributed by atoms with E-state index in [2.05, 4.69) is 9.97 Å². The minimum absolute atomic E-state index is 0.0156. The van der Waals surface area contributed by atoms with Crippen LogP contribution in [-0.2, 0) is 0 Å². The van der Waals surface area contributed by atoms with Gasteiger partial charge in [0.15, 0.2) is 5.69 Å². The van der Waals surface area contributed by atoms with Crippen LogP contribution in [0.4, 0.5) is 0 Å². The molecule has 5 heteroatoms. The molecule has 0 aliphatic rings. The van der Waals surface area contributed by atoms with E-state index in [9.17, 15) is 9.90 Å². The molecule has 2 aromatic heterocycles. The highest BCUT2D eigenvalue weighted by molar-refractivity contribution is 6.12. The standard InChI is InChI=1S/C12H8N2O3/c15-6-1-2-7-8-3-4-13-11(12(16)17)10(8)14-9(7)5-6/h1-5,14-15H,(H,16,17). The van der Waals surface area contributed by atoms with Crippen LogP contribution >= 0.6 is 0 Å². The molecule has 0 saturated heterocycles. The van der Waals surface area contributed by atoms with Crippen LogP contribution in [-0.4, -0.2) is 26.2 Å². The van der Waals surface area contributed by atoms with E-state index in [0.717, 1.165) is 10.8 Å². The lowest BCUT2D eigenvalue weighted by molar-refractivity contribution is 0.0692. The molecule has 0 radical (unpaired) electrons. The van der Waals surface area contributed by atoms with Gasteiger partial charge in [-0.1, -0.05) is 0 Å². The number of H-pyrrole nitrogens is 1. The number of carboxylic acids is 1. The first-order valence-electron chi connectivity index (χ1n) is 4.99. The summed E-state index contributed by atoms with van der Waals surface area (Å²) in [5.41, 5.74) is 1.15. The number of fused-ring (bicyclic) bond motifs is 3. The van der Waals surface area contributed by atoms with Gasteiger partial charge in [-0.05, 0) is 18.2 Å². The number of nitrogens with zero attached hydrogens (tertiary/aromatic N) is 1. The van der Waals surface area contributed by atoms with Crippen molar-refractivity contribution in [2.24, 2.45) is 0 Å². The van der Waals surface area contributed by atoms with Crippen LogP contribution in [0.5, 0.6) is 5.75 Å². The Bertz CT molecular complexity index is 746. The van der Waals surface area contributed by atoms with Gasteiger partial charge in [-0.15, -0.1) is 0 Å². The van der Waals surface area contributed by atoms with E-state index in [0.29, 0.717) is 11.0 Å². The zero-order valence-electron chi connectivity index (χ0n) is 8.64. The number of nitrogens with one attached hydrogen (secondary N) is 1. The first kappa shape index (κ1) is 9.65. The molecule has 0 atom stereocenters. The van der Waals surface area contributed by atoms with Crippen LogP contribution in [0.3, 0.4) is 0 Å². The summed E-state index contributed by atoms with van der Waals surface area (Å²) < 4.78 is 0. The molecule has 3 rings (SSSR count). The van der Waals surface area contributed by atoms with Crippen molar-refractivity contribution in [3.63, 3.8) is 0 Å². The molecule has 0 saturated carbocycles. The topological polar surface area (TPSA) is 86.2 Å². The van der Waals surface area contributed by atoms with Gasteiger partial charge in [0.2, 0.25) is 0 Å². The second kappa shape index (κ2) is 3.21. The summed E-state index contributed by atoms with van der Waals surface area (Å²) in [5, 5.41) is 20.1. The molecule has 5 nitrogen and oxygen atoms in total. The van der Waals surface area contributed by atoms with Gasteiger partial charge in [0.1, 0.15) is 5.75 Å². The molecule has 0 spiro atoms. The molecule has 0 aliphatic carbocycles. The second-order valence-corrected chi connectivity index (χ2v) is 3.74. The largest absolute Gasteiger partial charge is 0.508 e. The Hall–Kier alpha value is -2.56. The van der Waals surface area contributed by atoms with Crippen molar-refractivity contribution in [1.29, 1.82) is 0 Å². The van der Waals surface area contributed by atoms with Gasteiger partial charge in [0.25, 0.3) is 0 Å². The molecule has 0 bridgehead atoms. The predicted molar refractivity (Wildman–Crippen MR) is 62.2 cm³/mol. The van der Waals surface area contributed by atoms with Crippen molar-refractivity contribution in [2.75, 3.05) is 0 Å². The van der Waals surface area contributed by atoms with Gasteiger partial charge in [0, 0.05) is 23.0 Å². The summed E-state index contributed by atoms with van der Waals surface area (Å²) in [6.07, 6.45) is 1.46. The van der Waals surface area contributed by atoms with E-state index in [1.165, 1.54) is 6.20 Å². The maximum atomic E-state index is 11.0. The van der Waals surface area contributed by atoms with Crippen molar-refractivity contribution in [2.45, 2.75) is 0 Å². The van der Waals surface area contributed by atoms with Gasteiger partial charge in [-0.25, -0.2) is 9.78 Å². The molecule has 2 heterocycles. The summed E-state index contributed by atoms with van der Waals surface area (Å²) in [6, 6.07) is 6.62. The molecule has 0 unspecified atom stereocenters. The van der Waals surface area contributed by atoms with Gasteiger partial charge < -0.3 is 15.2 Å². The summed E-state index contributed by atoms with van der Waals surface area (Å²) in [6.45, 7) is 0. The van der Waals surface area contributed by atoms with Crippen LogP contribution in [0.25, 0.3) is 21.8 Å². The van der Waals surface area contributed by atoms with Crippen LogP contribution in [0.1, 0.15) is 10.5 Å². The molecule has 0 fully saturated rings. The molecule has 84 valence electrons. The third-order valence-corrected chi connectivity index (χ3v) is 2.71. The quantitative estimate of drug-likeness (QED) is 0.595. The molecule has 3 N–H and O–H groups in total. The number of aromatic hydroxyl groups is 1. The highest BCUT2D eigenvalue weighted by Crippen LogP contribution is 2.28. The number of phenolic OH excluding ortho intramolecular Hbond substituents is 1. The van der Waals surface area contributed by atoms with Crippen molar-refractivity contribution in [3.8, 4) is 5.75 Å². The third-order valence-electron chi connectivity index (χ3n) is 2.71. The summed E-state index contributed by atoms with van der Waals surface area (Å²) in [5.74, 6) is -0.944. The maximum absolute atomic E-state index is 11.0. The summed E-state index contributed by atoms with van der Waals surface area (Å²) >= 11 is 0. The van der Waals surface area contributed by atoms with Crippen LogP contribution in [0.15, 0.2) is 30.5 Å². The normalized spacial score (nSPS) is 11.1. The number of hydrogen-bond acceptors (Lipinski definition) is 3. The number of carboxylic acid groups (broad SMARTS) is 1. The molecule has 17 heavy (non-hydrogen) atoms. The Balaban J connectivity index is 2.50. The Morgan fingerprint density at radius 2 is 2.06 bits per heavy atom. The Kier molecular flexibility index (Phi) is 1.82. The minimum Gasteiger partial charge on any atom is -0.508 e. The molecular weight excluding hydrogens is 220 g/mol. The SMILES string of the molecule is O=C(O)c1nccc2c1[nH]c1cc(O)ccc12. The average Bonchev–Trinajstić information content (AvgIpc) is 2.65. The number of carbonyl (C=O) groups is 1. The van der Waals surface area contributed by atoms with E-state index in [4.69, 9.17) is 5.11 Å². The van der Waals surface area contributed by atoms with Gasteiger partial charge >= 0.3 is 5.97 Å². The van der Waals surface area contributed by atoms with Crippen molar-refractivity contribution in [3.05, 3.63) is 36.2 Å². The number of hydrogen-bond donors (Lipinski definition) is 3. The lowest BCUT2D eigenvalue weighted by Gasteiger charge is -1.95. The predicted octanol–water partition coefficient (Wildman–Crippen LogP) is 2.12. The molecule has 1 aromatic carbocycles. The molecule has 0 aliphatic heterocycles. The average molecular weight is 228 g/mol.